The highest BCUT2D eigenvalue weighted by Gasteiger charge is 1.91. The van der Waals surface area contributed by atoms with Gasteiger partial charge in [-0.2, -0.15) is 25.3 Å². The largest absolute Gasteiger partial charge is 0.381 e. The van der Waals surface area contributed by atoms with Crippen LogP contribution in [0.5, 0.6) is 0 Å². The van der Waals surface area contributed by atoms with Gasteiger partial charge in [-0.1, -0.05) is 0 Å². The summed E-state index contributed by atoms with van der Waals surface area (Å²) < 4.78 is 0. The first-order valence-electron chi connectivity index (χ1n) is 1.90. The molecule has 0 heterocycles. The van der Waals surface area contributed by atoms with Gasteiger partial charge in [-0.25, -0.2) is 0 Å². The summed E-state index contributed by atoms with van der Waals surface area (Å²) >= 11 is 7.79. The molecule has 0 saturated carbocycles. The number of nitrogens with zero attached hydrogens (tertiary/aromatic N) is 1. The van der Waals surface area contributed by atoms with E-state index in [-0.39, 0.29) is 6.73 Å². The third-order valence-corrected chi connectivity index (χ3v) is 1.40. The van der Waals surface area contributed by atoms with E-state index < -0.39 is 0 Å². The quantitative estimate of drug-likeness (QED) is 0.379. The molecule has 0 aromatic rings. The minimum Gasteiger partial charge on any atom is -0.381 e. The molecule has 44 valence electrons. The molecule has 0 atom stereocenters. The number of thiol groups is 2. The average Bonchev–Trinajstić information content (AvgIpc) is 1.72. The zero-order valence-electron chi connectivity index (χ0n) is 3.91. The van der Waals surface area contributed by atoms with Gasteiger partial charge >= 0.3 is 0 Å². The van der Waals surface area contributed by atoms with Crippen LogP contribution in [0.25, 0.3) is 0 Å². The first kappa shape index (κ1) is 7.62. The number of hydrogen-bond acceptors (Lipinski definition) is 4. The molecule has 4 heteroatoms. The van der Waals surface area contributed by atoms with Crippen molar-refractivity contribution in [3.05, 3.63) is 0 Å². The fraction of sp³-hybridized carbons (Fsp3) is 1.00. The molecule has 0 aliphatic carbocycles. The van der Waals surface area contributed by atoms with Crippen LogP contribution in [0.15, 0.2) is 0 Å². The van der Waals surface area contributed by atoms with Crippen molar-refractivity contribution in [3.63, 3.8) is 0 Å². The van der Waals surface area contributed by atoms with Crippen LogP contribution in [-0.4, -0.2) is 28.5 Å². The van der Waals surface area contributed by atoms with E-state index in [9.17, 15) is 0 Å². The summed E-state index contributed by atoms with van der Waals surface area (Å²) in [6, 6.07) is 0. The maximum atomic E-state index is 8.35. The molecule has 0 aromatic heterocycles. The predicted molar refractivity (Wildman–Crippen MR) is 36.6 cm³/mol. The van der Waals surface area contributed by atoms with E-state index in [0.717, 1.165) is 0 Å². The normalized spacial score (nSPS) is 10.3. The van der Waals surface area contributed by atoms with Gasteiger partial charge in [0.05, 0.1) is 6.73 Å². The van der Waals surface area contributed by atoms with Crippen molar-refractivity contribution in [2.75, 3.05) is 18.5 Å². The van der Waals surface area contributed by atoms with Crippen LogP contribution >= 0.6 is 25.3 Å². The van der Waals surface area contributed by atoms with Gasteiger partial charge in [0.1, 0.15) is 0 Å². The van der Waals surface area contributed by atoms with Crippen LogP contribution in [0.4, 0.5) is 0 Å². The highest BCUT2D eigenvalue weighted by molar-refractivity contribution is 7.81. The number of hydrogen-bond donors (Lipinski definition) is 3. The average molecular weight is 139 g/mol. The highest BCUT2D eigenvalue weighted by atomic mass is 32.1. The second-order valence-electron chi connectivity index (χ2n) is 1.10. The van der Waals surface area contributed by atoms with Crippen molar-refractivity contribution in [1.82, 2.24) is 4.90 Å². The molecule has 0 radical (unpaired) electrons. The molecular formula is C3H9NOS2. The van der Waals surface area contributed by atoms with Gasteiger partial charge in [0.15, 0.2) is 0 Å². The van der Waals surface area contributed by atoms with Crippen molar-refractivity contribution in [2.24, 2.45) is 0 Å². The Balaban J connectivity index is 2.99. The van der Waals surface area contributed by atoms with Gasteiger partial charge in [-0.3, -0.25) is 4.90 Å². The Kier molecular flexibility index (Phi) is 5.19. The molecule has 0 spiro atoms. The molecule has 7 heavy (non-hydrogen) atoms. The number of rotatable bonds is 3. The monoisotopic (exact) mass is 139 g/mol. The van der Waals surface area contributed by atoms with Gasteiger partial charge in [-0.15, -0.1) is 0 Å². The fourth-order valence-corrected chi connectivity index (χ4v) is 0.671. The Hall–Kier alpha value is 0.620. The van der Waals surface area contributed by atoms with Gasteiger partial charge in [-0.05, 0) is 0 Å². The molecule has 0 bridgehead atoms. The first-order chi connectivity index (χ1) is 3.35. The Labute approximate surface area is 54.3 Å². The lowest BCUT2D eigenvalue weighted by molar-refractivity contribution is 0.147. The van der Waals surface area contributed by atoms with Crippen molar-refractivity contribution >= 4 is 25.3 Å². The Morgan fingerprint density at radius 2 is 1.71 bits per heavy atom. The molecule has 0 amide bonds. The minimum atomic E-state index is 0.0347. The standard InChI is InChI=1S/C3H9NOS2/c5-1-4(2-6)3-7/h5-7H,1-3H2. The highest BCUT2D eigenvalue weighted by Crippen LogP contribution is 1.88. The van der Waals surface area contributed by atoms with Gasteiger partial charge in [0.2, 0.25) is 0 Å². The van der Waals surface area contributed by atoms with Crippen molar-refractivity contribution in [2.45, 2.75) is 0 Å². The maximum absolute atomic E-state index is 8.35. The molecule has 2 nitrogen and oxygen atoms in total. The third kappa shape index (κ3) is 3.22. The van der Waals surface area contributed by atoms with Crippen molar-refractivity contribution in [1.29, 1.82) is 0 Å². The van der Waals surface area contributed by atoms with E-state index in [1.165, 1.54) is 0 Å². The minimum absolute atomic E-state index is 0.0347. The predicted octanol–water partition coefficient (Wildman–Crippen LogP) is 0.0128. The first-order valence-corrected chi connectivity index (χ1v) is 3.16. The molecule has 0 aliphatic heterocycles. The van der Waals surface area contributed by atoms with Crippen LogP contribution in [0.2, 0.25) is 0 Å². The van der Waals surface area contributed by atoms with Crippen LogP contribution in [0, 0.1) is 0 Å². The van der Waals surface area contributed by atoms with Crippen molar-refractivity contribution in [3.8, 4) is 0 Å². The smallest absolute Gasteiger partial charge is 0.0969 e. The van der Waals surface area contributed by atoms with E-state index in [1.807, 2.05) is 0 Å². The topological polar surface area (TPSA) is 23.5 Å². The fourth-order valence-electron chi connectivity index (χ4n) is 0.134. The number of aliphatic hydroxyl groups excluding tert-OH is 1. The molecule has 0 saturated heterocycles. The maximum Gasteiger partial charge on any atom is 0.0969 e. The van der Waals surface area contributed by atoms with Crippen LogP contribution in [-0.2, 0) is 0 Å². The van der Waals surface area contributed by atoms with Crippen LogP contribution in [0.1, 0.15) is 0 Å². The molecular weight excluding hydrogens is 130 g/mol. The van der Waals surface area contributed by atoms with Crippen molar-refractivity contribution < 1.29 is 5.11 Å². The summed E-state index contributed by atoms with van der Waals surface area (Å²) in [6.45, 7) is 0.0347. The summed E-state index contributed by atoms with van der Waals surface area (Å²) in [5.41, 5.74) is 0. The second-order valence-corrected chi connectivity index (χ2v) is 1.66. The van der Waals surface area contributed by atoms with Crippen LogP contribution < -0.4 is 0 Å². The van der Waals surface area contributed by atoms with E-state index in [4.69, 9.17) is 5.11 Å². The lowest BCUT2D eigenvalue weighted by Crippen LogP contribution is -2.20. The summed E-state index contributed by atoms with van der Waals surface area (Å²) in [5.74, 6) is 1.11. The molecule has 0 rings (SSSR count). The van der Waals surface area contributed by atoms with Gasteiger partial charge < -0.3 is 5.11 Å². The molecule has 0 aromatic carbocycles. The van der Waals surface area contributed by atoms with Crippen LogP contribution in [0.3, 0.4) is 0 Å². The zero-order valence-corrected chi connectivity index (χ0v) is 5.70. The lowest BCUT2D eigenvalue weighted by Gasteiger charge is -2.10. The molecule has 0 fully saturated rings. The third-order valence-electron chi connectivity index (χ3n) is 0.600. The summed E-state index contributed by atoms with van der Waals surface area (Å²) in [4.78, 5) is 1.66. The summed E-state index contributed by atoms with van der Waals surface area (Å²) in [6.07, 6.45) is 0. The lowest BCUT2D eigenvalue weighted by atomic mass is 10.9. The van der Waals surface area contributed by atoms with E-state index in [0.29, 0.717) is 11.8 Å². The number of aliphatic hydroxyl groups is 1. The molecule has 1 N–H and O–H groups in total. The van der Waals surface area contributed by atoms with E-state index in [1.54, 1.807) is 4.90 Å². The Bertz CT molecular complexity index is 34.4. The van der Waals surface area contributed by atoms with Gasteiger partial charge in [0, 0.05) is 11.8 Å². The Morgan fingerprint density at radius 3 is 1.71 bits per heavy atom. The molecule has 0 unspecified atom stereocenters. The Morgan fingerprint density at radius 1 is 1.29 bits per heavy atom. The van der Waals surface area contributed by atoms with Gasteiger partial charge in [0.25, 0.3) is 0 Å². The second kappa shape index (κ2) is 4.77. The SMILES string of the molecule is OCN(CS)CS. The van der Waals surface area contributed by atoms with E-state index >= 15 is 0 Å². The zero-order chi connectivity index (χ0) is 5.70. The molecule has 0 aliphatic rings. The van der Waals surface area contributed by atoms with E-state index in [2.05, 4.69) is 25.3 Å². The summed E-state index contributed by atoms with van der Waals surface area (Å²) in [5, 5.41) is 8.35. The summed E-state index contributed by atoms with van der Waals surface area (Å²) in [7, 11) is 0.